The molecule has 1 heterocycles. The van der Waals surface area contributed by atoms with Crippen LogP contribution in [0.5, 0.6) is 0 Å². The standard InChI is InChI=1S/C39H77NO8/c1-3-5-7-9-11-13-15-16-17-18-20-22-24-26-28-40(30-32(42)29-34-36(44)38(46)37(45)35(31-41)48-34)39(47)33(43)27-25-23-21-19-14-12-10-8-6-4-2/h32-38,41-46H,3-31H2,1-2H3/t32?,33?,34?,35-,36+,37-,38-/m1/s1. The third kappa shape index (κ3) is 20.8. The van der Waals surface area contributed by atoms with Crippen LogP contribution in [0.3, 0.4) is 0 Å². The Morgan fingerprint density at radius 1 is 0.583 bits per heavy atom. The van der Waals surface area contributed by atoms with Crippen LogP contribution in [0.15, 0.2) is 0 Å². The normalized spacial score (nSPS) is 22.5. The predicted molar refractivity (Wildman–Crippen MR) is 194 cm³/mol. The van der Waals surface area contributed by atoms with Gasteiger partial charge in [0.25, 0.3) is 5.91 Å². The first-order valence-corrected chi connectivity index (χ1v) is 20.2. The molecule has 1 aliphatic rings. The number of rotatable bonds is 32. The molecule has 7 atom stereocenters. The molecule has 0 saturated carbocycles. The van der Waals surface area contributed by atoms with E-state index in [1.165, 1.54) is 120 Å². The zero-order valence-electron chi connectivity index (χ0n) is 31.0. The number of hydrogen-bond acceptors (Lipinski definition) is 8. The first-order chi connectivity index (χ1) is 23.3. The Hall–Kier alpha value is -0.810. The molecule has 1 saturated heterocycles. The van der Waals surface area contributed by atoms with E-state index in [2.05, 4.69) is 13.8 Å². The summed E-state index contributed by atoms with van der Waals surface area (Å²) in [5.74, 6) is -0.381. The van der Waals surface area contributed by atoms with E-state index >= 15 is 0 Å². The van der Waals surface area contributed by atoms with Crippen LogP contribution in [0.2, 0.25) is 0 Å². The van der Waals surface area contributed by atoms with Crippen molar-refractivity contribution < 1.29 is 40.2 Å². The van der Waals surface area contributed by atoms with Crippen LogP contribution < -0.4 is 0 Å². The van der Waals surface area contributed by atoms with Crippen LogP contribution in [-0.4, -0.2) is 104 Å². The van der Waals surface area contributed by atoms with E-state index in [4.69, 9.17) is 4.74 Å². The highest BCUT2D eigenvalue weighted by atomic mass is 16.5. The Kier molecular flexibility index (Phi) is 28.1. The van der Waals surface area contributed by atoms with E-state index in [1.54, 1.807) is 0 Å². The second kappa shape index (κ2) is 29.9. The van der Waals surface area contributed by atoms with Crippen molar-refractivity contribution in [2.24, 2.45) is 0 Å². The Balaban J connectivity index is 2.48. The summed E-state index contributed by atoms with van der Waals surface area (Å²) in [5.41, 5.74) is 0. The van der Waals surface area contributed by atoms with Gasteiger partial charge in [0.15, 0.2) is 0 Å². The monoisotopic (exact) mass is 688 g/mol. The summed E-state index contributed by atoms with van der Waals surface area (Å²) >= 11 is 0. The topological polar surface area (TPSA) is 151 Å². The number of amides is 1. The molecular weight excluding hydrogens is 610 g/mol. The molecule has 1 amide bonds. The van der Waals surface area contributed by atoms with Crippen molar-refractivity contribution in [1.82, 2.24) is 4.90 Å². The molecule has 0 aromatic carbocycles. The second-order valence-electron chi connectivity index (χ2n) is 14.6. The summed E-state index contributed by atoms with van der Waals surface area (Å²) in [7, 11) is 0. The van der Waals surface area contributed by atoms with E-state index in [1.807, 2.05) is 0 Å². The zero-order chi connectivity index (χ0) is 35.4. The highest BCUT2D eigenvalue weighted by Gasteiger charge is 2.44. The van der Waals surface area contributed by atoms with Crippen molar-refractivity contribution >= 4 is 5.91 Å². The molecular formula is C39H77NO8. The molecule has 0 radical (unpaired) electrons. The Bertz CT molecular complexity index is 741. The fourth-order valence-corrected chi connectivity index (χ4v) is 6.92. The first kappa shape index (κ1) is 45.2. The lowest BCUT2D eigenvalue weighted by atomic mass is 9.92. The smallest absolute Gasteiger partial charge is 0.251 e. The highest BCUT2D eigenvalue weighted by Crippen LogP contribution is 2.25. The molecule has 1 aliphatic heterocycles. The van der Waals surface area contributed by atoms with Crippen molar-refractivity contribution in [3.63, 3.8) is 0 Å². The van der Waals surface area contributed by atoms with Crippen LogP contribution in [0.25, 0.3) is 0 Å². The van der Waals surface area contributed by atoms with E-state index in [0.29, 0.717) is 13.0 Å². The molecule has 286 valence electrons. The summed E-state index contributed by atoms with van der Waals surface area (Å²) in [6, 6.07) is 0. The van der Waals surface area contributed by atoms with Gasteiger partial charge < -0.3 is 40.3 Å². The van der Waals surface area contributed by atoms with E-state index < -0.39 is 49.3 Å². The average molecular weight is 688 g/mol. The molecule has 1 fully saturated rings. The van der Waals surface area contributed by atoms with Gasteiger partial charge in [0.05, 0.1) is 18.8 Å². The minimum Gasteiger partial charge on any atom is -0.394 e. The molecule has 0 aromatic rings. The van der Waals surface area contributed by atoms with Gasteiger partial charge in [0.2, 0.25) is 0 Å². The minimum absolute atomic E-state index is 0.0264. The second-order valence-corrected chi connectivity index (χ2v) is 14.6. The van der Waals surface area contributed by atoms with Crippen molar-refractivity contribution in [1.29, 1.82) is 0 Å². The molecule has 0 aliphatic carbocycles. The number of aliphatic hydroxyl groups excluding tert-OH is 6. The lowest BCUT2D eigenvalue weighted by Gasteiger charge is -2.41. The number of aliphatic hydroxyl groups is 6. The van der Waals surface area contributed by atoms with E-state index in [0.717, 1.165) is 38.5 Å². The number of nitrogens with zero attached hydrogens (tertiary/aromatic N) is 1. The SMILES string of the molecule is CCCCCCCCCCCCCCCCN(CC(O)CC1O[C@H](CO)[C@@H](O)[C@H](O)[C@H]1O)C(=O)C(O)CCCCCCCCCCCC. The molecule has 3 unspecified atom stereocenters. The van der Waals surface area contributed by atoms with Crippen molar-refractivity contribution in [2.45, 2.75) is 224 Å². The van der Waals surface area contributed by atoms with Gasteiger partial charge in [0, 0.05) is 19.5 Å². The molecule has 0 bridgehead atoms. The van der Waals surface area contributed by atoms with Crippen LogP contribution in [0.1, 0.15) is 181 Å². The Labute approximate surface area is 293 Å². The molecule has 0 spiro atoms. The van der Waals surface area contributed by atoms with Gasteiger partial charge in [0.1, 0.15) is 30.5 Å². The minimum atomic E-state index is -1.51. The van der Waals surface area contributed by atoms with Crippen molar-refractivity contribution in [3.05, 3.63) is 0 Å². The fourth-order valence-electron chi connectivity index (χ4n) is 6.92. The van der Waals surface area contributed by atoms with Crippen molar-refractivity contribution in [2.75, 3.05) is 19.7 Å². The fraction of sp³-hybridized carbons (Fsp3) is 0.974. The molecule has 9 nitrogen and oxygen atoms in total. The molecule has 6 N–H and O–H groups in total. The number of unbranched alkanes of at least 4 members (excludes halogenated alkanes) is 22. The molecule has 0 aromatic heterocycles. The largest absolute Gasteiger partial charge is 0.394 e. The summed E-state index contributed by atoms with van der Waals surface area (Å²) in [6.45, 7) is 4.35. The van der Waals surface area contributed by atoms with Crippen LogP contribution in [0.4, 0.5) is 0 Å². The molecule has 9 heteroatoms. The van der Waals surface area contributed by atoms with Crippen molar-refractivity contribution in [3.8, 4) is 0 Å². The predicted octanol–water partition coefficient (Wildman–Crippen LogP) is 6.56. The number of ether oxygens (including phenoxy) is 1. The quantitative estimate of drug-likeness (QED) is 0.0435. The molecule has 48 heavy (non-hydrogen) atoms. The van der Waals surface area contributed by atoms with Gasteiger partial charge in [-0.15, -0.1) is 0 Å². The summed E-state index contributed by atoms with van der Waals surface area (Å²) in [6.07, 6.45) is 20.7. The van der Waals surface area contributed by atoms with Gasteiger partial charge in [-0.3, -0.25) is 4.79 Å². The van der Waals surface area contributed by atoms with Crippen LogP contribution in [-0.2, 0) is 9.53 Å². The average Bonchev–Trinajstić information content (AvgIpc) is 3.08. The third-order valence-electron chi connectivity index (χ3n) is 10.1. The Morgan fingerprint density at radius 2 is 0.979 bits per heavy atom. The highest BCUT2D eigenvalue weighted by molar-refractivity contribution is 5.80. The maximum Gasteiger partial charge on any atom is 0.251 e. The van der Waals surface area contributed by atoms with Gasteiger partial charge in [-0.2, -0.15) is 0 Å². The number of carbonyl (C=O) groups is 1. The first-order valence-electron chi connectivity index (χ1n) is 20.2. The van der Waals surface area contributed by atoms with Gasteiger partial charge >= 0.3 is 0 Å². The zero-order valence-corrected chi connectivity index (χ0v) is 31.0. The van der Waals surface area contributed by atoms with E-state index in [9.17, 15) is 35.4 Å². The lowest BCUT2D eigenvalue weighted by molar-refractivity contribution is -0.234. The maximum absolute atomic E-state index is 13.4. The van der Waals surface area contributed by atoms with E-state index in [-0.39, 0.29) is 18.9 Å². The number of hydrogen-bond donors (Lipinski definition) is 6. The lowest BCUT2D eigenvalue weighted by Crippen LogP contribution is -2.59. The third-order valence-corrected chi connectivity index (χ3v) is 10.1. The summed E-state index contributed by atoms with van der Waals surface area (Å²) in [4.78, 5) is 14.9. The van der Waals surface area contributed by atoms with Gasteiger partial charge in [-0.25, -0.2) is 0 Å². The number of carbonyl (C=O) groups excluding carboxylic acids is 1. The van der Waals surface area contributed by atoms with Crippen LogP contribution >= 0.6 is 0 Å². The maximum atomic E-state index is 13.4. The van der Waals surface area contributed by atoms with Gasteiger partial charge in [-0.1, -0.05) is 162 Å². The summed E-state index contributed by atoms with van der Waals surface area (Å²) < 4.78 is 5.57. The van der Waals surface area contributed by atoms with Crippen LogP contribution in [0, 0.1) is 0 Å². The summed E-state index contributed by atoms with van der Waals surface area (Å²) in [5, 5.41) is 61.9. The molecule has 1 rings (SSSR count). The Morgan fingerprint density at radius 3 is 1.42 bits per heavy atom. The van der Waals surface area contributed by atoms with Gasteiger partial charge in [-0.05, 0) is 12.8 Å².